The Morgan fingerprint density at radius 2 is 2.10 bits per heavy atom. The molecular weight excluding hydrogens is 266 g/mol. The lowest BCUT2D eigenvalue weighted by Crippen LogP contribution is -2.45. The molecular formula is C16H23N3O2. The van der Waals surface area contributed by atoms with Crippen molar-refractivity contribution >= 4 is 11.8 Å². The van der Waals surface area contributed by atoms with Gasteiger partial charge in [-0.2, -0.15) is 0 Å². The standard InChI is InChI=1S/C16H23N3O2/c1-12(11-19-9-5-8-15(19)20)18-16(21)14(10-17)13-6-3-2-4-7-13/h2-4,6-7,12,14H,5,8-11,17H2,1H3,(H,18,21). The number of carbonyl (C=O) groups is 2. The second-order valence-electron chi connectivity index (χ2n) is 5.55. The molecule has 2 unspecified atom stereocenters. The van der Waals surface area contributed by atoms with Crippen molar-refractivity contribution in [2.24, 2.45) is 5.73 Å². The molecule has 2 rings (SSSR count). The number of benzene rings is 1. The van der Waals surface area contributed by atoms with Gasteiger partial charge in [-0.05, 0) is 18.9 Å². The van der Waals surface area contributed by atoms with Gasteiger partial charge in [0.05, 0.1) is 5.92 Å². The lowest BCUT2D eigenvalue weighted by molar-refractivity contribution is -0.129. The highest BCUT2D eigenvalue weighted by Crippen LogP contribution is 2.15. The topological polar surface area (TPSA) is 75.4 Å². The van der Waals surface area contributed by atoms with E-state index in [1.165, 1.54) is 0 Å². The van der Waals surface area contributed by atoms with Crippen LogP contribution in [0.15, 0.2) is 30.3 Å². The predicted molar refractivity (Wildman–Crippen MR) is 81.7 cm³/mol. The maximum absolute atomic E-state index is 12.3. The van der Waals surface area contributed by atoms with Crippen molar-refractivity contribution in [3.05, 3.63) is 35.9 Å². The van der Waals surface area contributed by atoms with E-state index in [0.717, 1.165) is 18.5 Å². The minimum atomic E-state index is -0.345. The fraction of sp³-hybridized carbons (Fsp3) is 0.500. The Morgan fingerprint density at radius 1 is 1.38 bits per heavy atom. The molecule has 1 aromatic carbocycles. The maximum atomic E-state index is 12.3. The highest BCUT2D eigenvalue weighted by atomic mass is 16.2. The summed E-state index contributed by atoms with van der Waals surface area (Å²) in [5.74, 6) is -0.250. The van der Waals surface area contributed by atoms with Crippen molar-refractivity contribution in [3.8, 4) is 0 Å². The summed E-state index contributed by atoms with van der Waals surface area (Å²) in [5.41, 5.74) is 6.66. The number of nitrogens with one attached hydrogen (secondary N) is 1. The van der Waals surface area contributed by atoms with Gasteiger partial charge in [0.25, 0.3) is 0 Å². The monoisotopic (exact) mass is 289 g/mol. The summed E-state index contributed by atoms with van der Waals surface area (Å²) < 4.78 is 0. The Hall–Kier alpha value is -1.88. The molecule has 5 nitrogen and oxygen atoms in total. The van der Waals surface area contributed by atoms with Crippen LogP contribution in [0.2, 0.25) is 0 Å². The van der Waals surface area contributed by atoms with Crippen molar-refractivity contribution in [2.75, 3.05) is 19.6 Å². The zero-order valence-electron chi connectivity index (χ0n) is 12.4. The molecule has 3 N–H and O–H groups in total. The van der Waals surface area contributed by atoms with Crippen LogP contribution in [0, 0.1) is 0 Å². The molecule has 0 aliphatic carbocycles. The summed E-state index contributed by atoms with van der Waals surface area (Å²) in [6, 6.07) is 9.46. The molecule has 1 aliphatic heterocycles. The van der Waals surface area contributed by atoms with Crippen LogP contribution < -0.4 is 11.1 Å². The van der Waals surface area contributed by atoms with Gasteiger partial charge >= 0.3 is 0 Å². The summed E-state index contributed by atoms with van der Waals surface area (Å²) in [6.45, 7) is 3.54. The Labute approximate surface area is 125 Å². The zero-order chi connectivity index (χ0) is 15.2. The van der Waals surface area contributed by atoms with E-state index in [9.17, 15) is 9.59 Å². The van der Waals surface area contributed by atoms with Crippen LogP contribution in [0.25, 0.3) is 0 Å². The van der Waals surface area contributed by atoms with Gasteiger partial charge in [0.2, 0.25) is 11.8 Å². The maximum Gasteiger partial charge on any atom is 0.229 e. The first kappa shape index (κ1) is 15.5. The highest BCUT2D eigenvalue weighted by molar-refractivity contribution is 5.84. The summed E-state index contributed by atoms with van der Waals surface area (Å²) in [4.78, 5) is 25.8. The third-order valence-electron chi connectivity index (χ3n) is 3.81. The Kier molecular flexibility index (Phi) is 5.33. The van der Waals surface area contributed by atoms with E-state index >= 15 is 0 Å². The minimum Gasteiger partial charge on any atom is -0.351 e. The third kappa shape index (κ3) is 4.04. The van der Waals surface area contributed by atoms with Crippen LogP contribution in [-0.4, -0.2) is 42.4 Å². The van der Waals surface area contributed by atoms with Gasteiger partial charge in [0, 0.05) is 32.1 Å². The quantitative estimate of drug-likeness (QED) is 0.815. The van der Waals surface area contributed by atoms with E-state index in [4.69, 9.17) is 5.73 Å². The van der Waals surface area contributed by atoms with E-state index in [-0.39, 0.29) is 30.3 Å². The van der Waals surface area contributed by atoms with Gasteiger partial charge in [0.1, 0.15) is 0 Å². The lowest BCUT2D eigenvalue weighted by Gasteiger charge is -2.24. The Bertz CT molecular complexity index is 490. The molecule has 1 saturated heterocycles. The summed E-state index contributed by atoms with van der Waals surface area (Å²) in [7, 11) is 0. The van der Waals surface area contributed by atoms with Crippen LogP contribution in [0.1, 0.15) is 31.2 Å². The molecule has 0 radical (unpaired) electrons. The van der Waals surface area contributed by atoms with Crippen LogP contribution >= 0.6 is 0 Å². The number of nitrogens with two attached hydrogens (primary N) is 1. The van der Waals surface area contributed by atoms with Crippen molar-refractivity contribution in [2.45, 2.75) is 31.7 Å². The number of hydrogen-bond donors (Lipinski definition) is 2. The summed E-state index contributed by atoms with van der Waals surface area (Å²) in [6.07, 6.45) is 1.53. The molecule has 1 fully saturated rings. The van der Waals surface area contributed by atoms with E-state index in [1.54, 1.807) is 0 Å². The van der Waals surface area contributed by atoms with Crippen molar-refractivity contribution in [1.82, 2.24) is 10.2 Å². The largest absolute Gasteiger partial charge is 0.351 e. The van der Waals surface area contributed by atoms with Gasteiger partial charge in [0.15, 0.2) is 0 Å². The van der Waals surface area contributed by atoms with E-state index < -0.39 is 0 Å². The normalized spacial score (nSPS) is 17.6. The average Bonchev–Trinajstić information content (AvgIpc) is 2.86. The molecule has 5 heteroatoms. The van der Waals surface area contributed by atoms with Gasteiger partial charge in [-0.3, -0.25) is 9.59 Å². The summed E-state index contributed by atoms with van der Waals surface area (Å²) >= 11 is 0. The first-order valence-electron chi connectivity index (χ1n) is 7.45. The molecule has 114 valence electrons. The number of amides is 2. The van der Waals surface area contributed by atoms with Gasteiger partial charge in [-0.15, -0.1) is 0 Å². The fourth-order valence-electron chi connectivity index (χ4n) is 2.70. The van der Waals surface area contributed by atoms with Gasteiger partial charge in [-0.25, -0.2) is 0 Å². The van der Waals surface area contributed by atoms with E-state index in [0.29, 0.717) is 13.0 Å². The first-order chi connectivity index (χ1) is 10.1. The molecule has 0 saturated carbocycles. The molecule has 1 heterocycles. The highest BCUT2D eigenvalue weighted by Gasteiger charge is 2.24. The van der Waals surface area contributed by atoms with Crippen molar-refractivity contribution in [3.63, 3.8) is 0 Å². The van der Waals surface area contributed by atoms with Crippen LogP contribution in [0.4, 0.5) is 0 Å². The number of likely N-dealkylation sites (tertiary alicyclic amines) is 1. The number of carbonyl (C=O) groups excluding carboxylic acids is 2. The van der Waals surface area contributed by atoms with Crippen LogP contribution in [0.3, 0.4) is 0 Å². The molecule has 0 spiro atoms. The van der Waals surface area contributed by atoms with Crippen molar-refractivity contribution in [1.29, 1.82) is 0 Å². The molecule has 2 atom stereocenters. The molecule has 0 bridgehead atoms. The SMILES string of the molecule is CC(CN1CCCC1=O)NC(=O)C(CN)c1ccccc1. The second-order valence-corrected chi connectivity index (χ2v) is 5.55. The molecule has 21 heavy (non-hydrogen) atoms. The first-order valence-corrected chi connectivity index (χ1v) is 7.45. The number of rotatable bonds is 6. The fourth-order valence-corrected chi connectivity index (χ4v) is 2.70. The van der Waals surface area contributed by atoms with Crippen LogP contribution in [0.5, 0.6) is 0 Å². The smallest absolute Gasteiger partial charge is 0.229 e. The number of nitrogens with zero attached hydrogens (tertiary/aromatic N) is 1. The van der Waals surface area contributed by atoms with E-state index in [1.807, 2.05) is 42.2 Å². The number of hydrogen-bond acceptors (Lipinski definition) is 3. The van der Waals surface area contributed by atoms with Crippen LogP contribution in [-0.2, 0) is 9.59 Å². The third-order valence-corrected chi connectivity index (χ3v) is 3.81. The molecule has 1 aliphatic rings. The zero-order valence-corrected chi connectivity index (χ0v) is 12.4. The van der Waals surface area contributed by atoms with Gasteiger partial charge in [-0.1, -0.05) is 30.3 Å². The molecule has 2 amide bonds. The Balaban J connectivity index is 1.91. The summed E-state index contributed by atoms with van der Waals surface area (Å²) in [5, 5.41) is 2.96. The average molecular weight is 289 g/mol. The predicted octanol–water partition coefficient (Wildman–Crippen LogP) is 0.856. The van der Waals surface area contributed by atoms with Gasteiger partial charge < -0.3 is 16.0 Å². The van der Waals surface area contributed by atoms with Crippen molar-refractivity contribution < 1.29 is 9.59 Å². The molecule has 1 aromatic rings. The second kappa shape index (κ2) is 7.22. The van der Waals surface area contributed by atoms with E-state index in [2.05, 4.69) is 5.32 Å². The molecule has 0 aromatic heterocycles. The Morgan fingerprint density at radius 3 is 2.67 bits per heavy atom. The lowest BCUT2D eigenvalue weighted by atomic mass is 9.98. The minimum absolute atomic E-state index is 0.0719.